The molecule has 128 valence electrons. The Bertz CT molecular complexity index is 820. The number of ether oxygens (including phenoxy) is 3. The van der Waals surface area contributed by atoms with Gasteiger partial charge < -0.3 is 14.2 Å². The monoisotopic (exact) mass is 338 g/mol. The van der Waals surface area contributed by atoms with Crippen LogP contribution in [-0.2, 0) is 9.53 Å². The van der Waals surface area contributed by atoms with Crippen molar-refractivity contribution in [2.24, 2.45) is 0 Å². The molecule has 0 aromatic heterocycles. The lowest BCUT2D eigenvalue weighted by atomic mass is 10.1. The van der Waals surface area contributed by atoms with Crippen LogP contribution in [0.2, 0.25) is 0 Å². The zero-order chi connectivity index (χ0) is 17.8. The highest BCUT2D eigenvalue weighted by Crippen LogP contribution is 2.26. The summed E-state index contributed by atoms with van der Waals surface area (Å²) in [6, 6.07) is 14.1. The van der Waals surface area contributed by atoms with E-state index in [1.165, 1.54) is 0 Å². The average molecular weight is 338 g/mol. The lowest BCUT2D eigenvalue weighted by molar-refractivity contribution is -0.141. The van der Waals surface area contributed by atoms with Crippen LogP contribution in [0.3, 0.4) is 0 Å². The normalized spacial score (nSPS) is 13.8. The summed E-state index contributed by atoms with van der Waals surface area (Å²) in [4.78, 5) is 24.7. The van der Waals surface area contributed by atoms with Crippen molar-refractivity contribution >= 4 is 17.8 Å². The van der Waals surface area contributed by atoms with Crippen molar-refractivity contribution in [1.29, 1.82) is 0 Å². The number of carbonyl (C=O) groups is 2. The lowest BCUT2D eigenvalue weighted by Crippen LogP contribution is -2.27. The van der Waals surface area contributed by atoms with E-state index in [9.17, 15) is 9.59 Å². The zero-order valence-electron chi connectivity index (χ0n) is 14.0. The molecule has 0 fully saturated rings. The van der Waals surface area contributed by atoms with Gasteiger partial charge in [-0.15, -0.1) is 0 Å². The molecule has 0 aliphatic carbocycles. The fourth-order valence-corrected chi connectivity index (χ4v) is 2.51. The smallest absolute Gasteiger partial charge is 0.338 e. The van der Waals surface area contributed by atoms with Gasteiger partial charge in [-0.25, -0.2) is 4.79 Å². The number of benzene rings is 2. The Balaban J connectivity index is 1.68. The molecule has 0 bridgehead atoms. The quantitative estimate of drug-likeness (QED) is 0.618. The highest BCUT2D eigenvalue weighted by atomic mass is 16.5. The SMILES string of the molecule is COc1ccc(C(=O)[C@H](C)OC(=O)C2=Cc3ccccc3OC2)cc1. The maximum Gasteiger partial charge on any atom is 0.338 e. The molecule has 0 amide bonds. The molecular formula is C20H18O5. The van der Waals surface area contributed by atoms with Crippen molar-refractivity contribution in [3.63, 3.8) is 0 Å². The van der Waals surface area contributed by atoms with E-state index in [-0.39, 0.29) is 12.4 Å². The minimum absolute atomic E-state index is 0.124. The Morgan fingerprint density at radius 3 is 2.52 bits per heavy atom. The molecule has 2 aromatic carbocycles. The number of ketones is 1. The van der Waals surface area contributed by atoms with Crippen LogP contribution in [0.1, 0.15) is 22.8 Å². The molecule has 3 rings (SSSR count). The summed E-state index contributed by atoms with van der Waals surface area (Å²) in [5.41, 5.74) is 1.66. The van der Waals surface area contributed by atoms with Gasteiger partial charge in [0.15, 0.2) is 6.10 Å². The number of methoxy groups -OCH3 is 1. The summed E-state index contributed by atoms with van der Waals surface area (Å²) in [7, 11) is 1.55. The topological polar surface area (TPSA) is 61.8 Å². The Morgan fingerprint density at radius 1 is 1.08 bits per heavy atom. The fraction of sp³-hybridized carbons (Fsp3) is 0.200. The van der Waals surface area contributed by atoms with E-state index in [0.717, 1.165) is 11.3 Å². The summed E-state index contributed by atoms with van der Waals surface area (Å²) in [5.74, 6) is 0.559. The maximum atomic E-state index is 12.4. The number of Topliss-reactive ketones (excluding diaryl/α,β-unsaturated/α-hetero) is 1. The van der Waals surface area contributed by atoms with Gasteiger partial charge in [0.2, 0.25) is 5.78 Å². The molecule has 0 spiro atoms. The van der Waals surface area contributed by atoms with Crippen molar-refractivity contribution in [1.82, 2.24) is 0 Å². The van der Waals surface area contributed by atoms with Crippen LogP contribution >= 0.6 is 0 Å². The van der Waals surface area contributed by atoms with Crippen LogP contribution in [0.5, 0.6) is 11.5 Å². The first kappa shape index (κ1) is 16.8. The van der Waals surface area contributed by atoms with Gasteiger partial charge in [-0.1, -0.05) is 18.2 Å². The predicted molar refractivity (Wildman–Crippen MR) is 92.8 cm³/mol. The van der Waals surface area contributed by atoms with Gasteiger partial charge >= 0.3 is 5.97 Å². The van der Waals surface area contributed by atoms with Crippen molar-refractivity contribution < 1.29 is 23.8 Å². The van der Waals surface area contributed by atoms with Crippen LogP contribution in [0.4, 0.5) is 0 Å². The molecule has 5 nitrogen and oxygen atoms in total. The van der Waals surface area contributed by atoms with Crippen LogP contribution in [0.25, 0.3) is 6.08 Å². The second-order valence-electron chi connectivity index (χ2n) is 5.64. The number of hydrogen-bond donors (Lipinski definition) is 0. The molecule has 25 heavy (non-hydrogen) atoms. The van der Waals surface area contributed by atoms with Gasteiger partial charge in [0, 0.05) is 11.1 Å². The lowest BCUT2D eigenvalue weighted by Gasteiger charge is -2.18. The van der Waals surface area contributed by atoms with Crippen LogP contribution in [-0.4, -0.2) is 31.6 Å². The number of rotatable bonds is 5. The third-order valence-corrected chi connectivity index (χ3v) is 3.92. The molecule has 0 N–H and O–H groups in total. The largest absolute Gasteiger partial charge is 0.497 e. The van der Waals surface area contributed by atoms with Gasteiger partial charge in [-0.2, -0.15) is 0 Å². The Labute approximate surface area is 145 Å². The first-order valence-corrected chi connectivity index (χ1v) is 7.90. The Morgan fingerprint density at radius 2 is 1.80 bits per heavy atom. The van der Waals surface area contributed by atoms with Crippen LogP contribution in [0, 0.1) is 0 Å². The molecular weight excluding hydrogens is 320 g/mol. The Kier molecular flexibility index (Phi) is 4.84. The van der Waals surface area contributed by atoms with Crippen molar-refractivity contribution in [2.45, 2.75) is 13.0 Å². The number of fused-ring (bicyclic) bond motifs is 1. The first-order valence-electron chi connectivity index (χ1n) is 7.90. The van der Waals surface area contributed by atoms with Crippen LogP contribution in [0.15, 0.2) is 54.1 Å². The van der Waals surface area contributed by atoms with Gasteiger partial charge in [0.1, 0.15) is 18.1 Å². The van der Waals surface area contributed by atoms with Gasteiger partial charge in [0.05, 0.1) is 12.7 Å². The van der Waals surface area contributed by atoms with E-state index < -0.39 is 12.1 Å². The molecule has 0 saturated carbocycles. The summed E-state index contributed by atoms with van der Waals surface area (Å²) < 4.78 is 15.9. The molecule has 0 unspecified atom stereocenters. The third kappa shape index (κ3) is 3.71. The maximum absolute atomic E-state index is 12.4. The summed E-state index contributed by atoms with van der Waals surface area (Å²) >= 11 is 0. The van der Waals surface area contributed by atoms with E-state index >= 15 is 0 Å². The number of esters is 1. The Hall–Kier alpha value is -3.08. The molecule has 1 aliphatic rings. The summed E-state index contributed by atoms with van der Waals surface area (Å²) in [6.45, 7) is 1.68. The van der Waals surface area contributed by atoms with Crippen molar-refractivity contribution in [2.75, 3.05) is 13.7 Å². The minimum atomic E-state index is -0.890. The second kappa shape index (κ2) is 7.21. The van der Waals surface area contributed by atoms with Gasteiger partial charge in [-0.05, 0) is 43.3 Å². The van der Waals surface area contributed by atoms with E-state index in [0.29, 0.717) is 16.9 Å². The highest BCUT2D eigenvalue weighted by molar-refractivity contribution is 6.02. The molecule has 2 aromatic rings. The van der Waals surface area contributed by atoms with E-state index in [2.05, 4.69) is 0 Å². The van der Waals surface area contributed by atoms with Gasteiger partial charge in [0.25, 0.3) is 0 Å². The standard InChI is InChI=1S/C20H18O5/c1-13(19(21)14-7-9-17(23-2)10-8-14)25-20(22)16-11-15-5-3-4-6-18(15)24-12-16/h3-11,13H,12H2,1-2H3/t13-/m0/s1. The van der Waals surface area contributed by atoms with E-state index in [1.807, 2.05) is 24.3 Å². The molecule has 0 saturated heterocycles. The average Bonchev–Trinajstić information content (AvgIpc) is 2.67. The molecule has 5 heteroatoms. The predicted octanol–water partition coefficient (Wildman–Crippen LogP) is 3.29. The van der Waals surface area contributed by atoms with E-state index in [1.54, 1.807) is 44.4 Å². The third-order valence-electron chi connectivity index (χ3n) is 3.92. The van der Waals surface area contributed by atoms with E-state index in [4.69, 9.17) is 14.2 Å². The van der Waals surface area contributed by atoms with Crippen molar-refractivity contribution in [3.8, 4) is 11.5 Å². The molecule has 1 aliphatic heterocycles. The summed E-state index contributed by atoms with van der Waals surface area (Å²) in [5, 5.41) is 0. The first-order chi connectivity index (χ1) is 12.1. The van der Waals surface area contributed by atoms with Crippen LogP contribution < -0.4 is 9.47 Å². The summed E-state index contributed by atoms with van der Waals surface area (Å²) in [6.07, 6.45) is 0.838. The highest BCUT2D eigenvalue weighted by Gasteiger charge is 2.24. The van der Waals surface area contributed by atoms with Gasteiger partial charge in [-0.3, -0.25) is 4.79 Å². The molecule has 0 radical (unpaired) electrons. The minimum Gasteiger partial charge on any atom is -0.497 e. The van der Waals surface area contributed by atoms with Crippen molar-refractivity contribution in [3.05, 3.63) is 65.2 Å². The molecule has 1 heterocycles. The number of hydrogen-bond acceptors (Lipinski definition) is 5. The fourth-order valence-electron chi connectivity index (χ4n) is 2.51. The second-order valence-corrected chi connectivity index (χ2v) is 5.64. The number of carbonyl (C=O) groups excluding carboxylic acids is 2. The number of para-hydroxylation sites is 1. The zero-order valence-corrected chi connectivity index (χ0v) is 14.0. The molecule has 1 atom stereocenters.